The van der Waals surface area contributed by atoms with Gasteiger partial charge in [-0.05, 0) is 45.9 Å². The first-order chi connectivity index (χ1) is 4.33. The van der Waals surface area contributed by atoms with Gasteiger partial charge in [0.15, 0.2) is 0 Å². The van der Waals surface area contributed by atoms with Crippen molar-refractivity contribution in [2.75, 3.05) is 6.54 Å². The zero-order valence-corrected chi connectivity index (χ0v) is 7.33. The van der Waals surface area contributed by atoms with E-state index in [-0.39, 0.29) is 0 Å². The molecule has 1 aromatic heterocycles. The van der Waals surface area contributed by atoms with Gasteiger partial charge in [-0.3, -0.25) is 0 Å². The molecular formula is C6H8BrNS. The zero-order valence-electron chi connectivity index (χ0n) is 4.93. The Morgan fingerprint density at radius 1 is 1.67 bits per heavy atom. The Balaban J connectivity index is 2.61. The predicted octanol–water partition coefficient (Wildman–Crippen LogP) is 2.01. The van der Waals surface area contributed by atoms with Crippen molar-refractivity contribution in [2.24, 2.45) is 5.73 Å². The summed E-state index contributed by atoms with van der Waals surface area (Å²) in [5, 5.41) is 2.12. The van der Waals surface area contributed by atoms with E-state index in [0.29, 0.717) is 0 Å². The molecule has 0 saturated heterocycles. The molecule has 9 heavy (non-hydrogen) atoms. The topological polar surface area (TPSA) is 26.0 Å². The quantitative estimate of drug-likeness (QED) is 0.786. The highest BCUT2D eigenvalue weighted by atomic mass is 79.9. The van der Waals surface area contributed by atoms with Gasteiger partial charge in [-0.15, -0.1) is 11.3 Å². The van der Waals surface area contributed by atoms with Crippen LogP contribution >= 0.6 is 27.3 Å². The summed E-state index contributed by atoms with van der Waals surface area (Å²) < 4.78 is 1.19. The zero-order chi connectivity index (χ0) is 6.69. The molecule has 0 aromatic carbocycles. The summed E-state index contributed by atoms with van der Waals surface area (Å²) in [6, 6.07) is 2.11. The lowest BCUT2D eigenvalue weighted by Gasteiger charge is -1.87. The smallest absolute Gasteiger partial charge is 0.0701 e. The standard InChI is InChI=1S/C6H8BrNS/c7-6-3-5(1-2-8)4-9-6/h3-4H,1-2,8H2. The summed E-state index contributed by atoms with van der Waals surface area (Å²) in [7, 11) is 0. The maximum absolute atomic E-state index is 5.36. The van der Waals surface area contributed by atoms with E-state index in [1.165, 1.54) is 9.35 Å². The van der Waals surface area contributed by atoms with Crippen molar-refractivity contribution in [2.45, 2.75) is 6.42 Å². The minimum absolute atomic E-state index is 0.739. The molecule has 0 fully saturated rings. The number of halogens is 1. The highest BCUT2D eigenvalue weighted by Gasteiger charge is 1.93. The second-order valence-corrected chi connectivity index (χ2v) is 4.09. The van der Waals surface area contributed by atoms with E-state index in [9.17, 15) is 0 Å². The second kappa shape index (κ2) is 3.34. The van der Waals surface area contributed by atoms with E-state index in [2.05, 4.69) is 27.4 Å². The largest absolute Gasteiger partial charge is 0.330 e. The Morgan fingerprint density at radius 2 is 2.44 bits per heavy atom. The normalized spacial score (nSPS) is 10.0. The molecule has 3 heteroatoms. The van der Waals surface area contributed by atoms with Crippen LogP contribution in [0.4, 0.5) is 0 Å². The monoisotopic (exact) mass is 205 g/mol. The molecule has 1 rings (SSSR count). The van der Waals surface area contributed by atoms with E-state index in [4.69, 9.17) is 5.73 Å². The third-order valence-corrected chi connectivity index (χ3v) is 2.61. The molecule has 0 spiro atoms. The van der Waals surface area contributed by atoms with Crippen molar-refractivity contribution in [1.82, 2.24) is 0 Å². The van der Waals surface area contributed by atoms with Gasteiger partial charge in [0.2, 0.25) is 0 Å². The van der Waals surface area contributed by atoms with Gasteiger partial charge in [-0.1, -0.05) is 0 Å². The molecular weight excluding hydrogens is 198 g/mol. The van der Waals surface area contributed by atoms with Crippen LogP contribution in [-0.4, -0.2) is 6.54 Å². The average Bonchev–Trinajstić information content (AvgIpc) is 2.17. The molecule has 0 unspecified atom stereocenters. The maximum Gasteiger partial charge on any atom is 0.0701 e. The lowest BCUT2D eigenvalue weighted by molar-refractivity contribution is 0.974. The van der Waals surface area contributed by atoms with Gasteiger partial charge in [0.25, 0.3) is 0 Å². The van der Waals surface area contributed by atoms with Crippen LogP contribution in [0.3, 0.4) is 0 Å². The first kappa shape index (κ1) is 7.25. The van der Waals surface area contributed by atoms with Crippen molar-refractivity contribution in [3.63, 3.8) is 0 Å². The molecule has 0 bridgehead atoms. The Morgan fingerprint density at radius 3 is 2.89 bits per heavy atom. The average molecular weight is 206 g/mol. The van der Waals surface area contributed by atoms with Crippen LogP contribution in [0.1, 0.15) is 5.56 Å². The first-order valence-corrected chi connectivity index (χ1v) is 4.43. The fourth-order valence-corrected chi connectivity index (χ4v) is 1.89. The number of nitrogens with two attached hydrogens (primary N) is 1. The fourth-order valence-electron chi connectivity index (χ4n) is 0.644. The predicted molar refractivity (Wildman–Crippen MR) is 44.8 cm³/mol. The molecule has 1 nitrogen and oxygen atoms in total. The summed E-state index contributed by atoms with van der Waals surface area (Å²) >= 11 is 5.09. The minimum atomic E-state index is 0.739. The van der Waals surface area contributed by atoms with Crippen molar-refractivity contribution >= 4 is 27.3 Å². The molecule has 1 aromatic rings. The van der Waals surface area contributed by atoms with Crippen LogP contribution < -0.4 is 5.73 Å². The molecule has 2 N–H and O–H groups in total. The SMILES string of the molecule is NCCc1csc(Br)c1. The van der Waals surface area contributed by atoms with E-state index in [1.807, 2.05) is 0 Å². The summed E-state index contributed by atoms with van der Waals surface area (Å²) in [4.78, 5) is 0. The Hall–Kier alpha value is 0.140. The van der Waals surface area contributed by atoms with Crippen molar-refractivity contribution in [3.05, 3.63) is 20.8 Å². The van der Waals surface area contributed by atoms with Gasteiger partial charge in [-0.25, -0.2) is 0 Å². The molecule has 50 valence electrons. The Bertz CT molecular complexity index is 185. The van der Waals surface area contributed by atoms with Crippen molar-refractivity contribution in [1.29, 1.82) is 0 Å². The second-order valence-electron chi connectivity index (χ2n) is 1.80. The van der Waals surface area contributed by atoms with Gasteiger partial charge >= 0.3 is 0 Å². The summed E-state index contributed by atoms with van der Waals surface area (Å²) in [6.45, 7) is 0.739. The number of thiophene rings is 1. The van der Waals surface area contributed by atoms with Gasteiger partial charge < -0.3 is 5.73 Å². The highest BCUT2D eigenvalue weighted by Crippen LogP contribution is 2.20. The molecule has 0 aliphatic carbocycles. The fraction of sp³-hybridized carbons (Fsp3) is 0.333. The van der Waals surface area contributed by atoms with Gasteiger partial charge in [0.1, 0.15) is 0 Å². The number of hydrogen-bond donors (Lipinski definition) is 1. The third-order valence-electron chi connectivity index (χ3n) is 1.05. The van der Waals surface area contributed by atoms with E-state index in [0.717, 1.165) is 13.0 Å². The van der Waals surface area contributed by atoms with Crippen LogP contribution in [0, 0.1) is 0 Å². The molecule has 0 radical (unpaired) electrons. The summed E-state index contributed by atoms with van der Waals surface area (Å²) in [5.74, 6) is 0. The molecule has 0 aliphatic heterocycles. The van der Waals surface area contributed by atoms with Crippen molar-refractivity contribution < 1.29 is 0 Å². The minimum Gasteiger partial charge on any atom is -0.330 e. The van der Waals surface area contributed by atoms with Gasteiger partial charge in [-0.2, -0.15) is 0 Å². The van der Waals surface area contributed by atoms with Crippen LogP contribution in [0.15, 0.2) is 15.2 Å². The number of rotatable bonds is 2. The first-order valence-electron chi connectivity index (χ1n) is 2.76. The van der Waals surface area contributed by atoms with E-state index in [1.54, 1.807) is 11.3 Å². The van der Waals surface area contributed by atoms with Crippen LogP contribution in [0.5, 0.6) is 0 Å². The molecule has 0 saturated carbocycles. The van der Waals surface area contributed by atoms with Gasteiger partial charge in [0, 0.05) is 0 Å². The Kier molecular flexibility index (Phi) is 2.69. The summed E-state index contributed by atoms with van der Waals surface area (Å²) in [6.07, 6.45) is 0.988. The van der Waals surface area contributed by atoms with Crippen molar-refractivity contribution in [3.8, 4) is 0 Å². The van der Waals surface area contributed by atoms with E-state index < -0.39 is 0 Å². The lowest BCUT2D eigenvalue weighted by atomic mass is 10.2. The molecule has 0 amide bonds. The highest BCUT2D eigenvalue weighted by molar-refractivity contribution is 9.11. The van der Waals surface area contributed by atoms with E-state index >= 15 is 0 Å². The molecule has 0 aliphatic rings. The third kappa shape index (κ3) is 2.08. The van der Waals surface area contributed by atoms with Crippen LogP contribution in [0.25, 0.3) is 0 Å². The molecule has 1 heterocycles. The van der Waals surface area contributed by atoms with Gasteiger partial charge in [0.05, 0.1) is 3.79 Å². The lowest BCUT2D eigenvalue weighted by Crippen LogP contribution is -2.01. The van der Waals surface area contributed by atoms with Crippen LogP contribution in [-0.2, 0) is 6.42 Å². The molecule has 0 atom stereocenters. The number of hydrogen-bond acceptors (Lipinski definition) is 2. The Labute approximate surface area is 67.0 Å². The summed E-state index contributed by atoms with van der Waals surface area (Å²) in [5.41, 5.74) is 6.69. The van der Waals surface area contributed by atoms with Crippen LogP contribution in [0.2, 0.25) is 0 Å². The maximum atomic E-state index is 5.36.